The highest BCUT2D eigenvalue weighted by atomic mass is 16.5. The minimum absolute atomic E-state index is 0.195. The molecule has 1 rings (SSSR count). The molecule has 0 spiro atoms. The molecule has 1 N–H and O–H groups in total. The molecule has 0 aliphatic heterocycles. The Morgan fingerprint density at radius 3 is 2.81 bits per heavy atom. The summed E-state index contributed by atoms with van der Waals surface area (Å²) in [6.45, 7) is 7.22. The zero-order chi connectivity index (χ0) is 11.8. The van der Waals surface area contributed by atoms with Crippen LogP contribution < -0.4 is 10.1 Å². The van der Waals surface area contributed by atoms with Crippen molar-refractivity contribution in [2.75, 3.05) is 11.9 Å². The Balaban J connectivity index is 2.52. The summed E-state index contributed by atoms with van der Waals surface area (Å²) in [6.07, 6.45) is 6.78. The Kier molecular flexibility index (Phi) is 5.61. The van der Waals surface area contributed by atoms with Gasteiger partial charge in [-0.3, -0.25) is 4.98 Å². The molecule has 1 unspecified atom stereocenters. The SMILES string of the molecule is CCCNc1cncc(OC(C)CCC)n1. The van der Waals surface area contributed by atoms with Crippen LogP contribution in [0, 0.1) is 0 Å². The summed E-state index contributed by atoms with van der Waals surface area (Å²) in [5.41, 5.74) is 0. The fourth-order valence-electron chi connectivity index (χ4n) is 1.41. The van der Waals surface area contributed by atoms with Crippen LogP contribution in [-0.2, 0) is 0 Å². The molecule has 0 fully saturated rings. The van der Waals surface area contributed by atoms with Gasteiger partial charge in [-0.1, -0.05) is 20.3 Å². The molecule has 1 aromatic rings. The molecule has 0 saturated heterocycles. The van der Waals surface area contributed by atoms with Crippen LogP contribution in [0.4, 0.5) is 5.82 Å². The van der Waals surface area contributed by atoms with Crippen LogP contribution >= 0.6 is 0 Å². The van der Waals surface area contributed by atoms with Gasteiger partial charge in [0.15, 0.2) is 0 Å². The number of anilines is 1. The topological polar surface area (TPSA) is 47.0 Å². The molecule has 1 atom stereocenters. The van der Waals surface area contributed by atoms with Crippen molar-refractivity contribution in [2.45, 2.75) is 46.1 Å². The van der Waals surface area contributed by atoms with Crippen LogP contribution in [0.15, 0.2) is 12.4 Å². The van der Waals surface area contributed by atoms with Crippen LogP contribution in [0.3, 0.4) is 0 Å². The third-order valence-electron chi connectivity index (χ3n) is 2.19. The fourth-order valence-corrected chi connectivity index (χ4v) is 1.41. The average Bonchev–Trinajstić information content (AvgIpc) is 2.27. The van der Waals surface area contributed by atoms with E-state index in [0.717, 1.165) is 31.6 Å². The van der Waals surface area contributed by atoms with E-state index in [2.05, 4.69) is 36.1 Å². The van der Waals surface area contributed by atoms with Gasteiger partial charge < -0.3 is 10.1 Å². The van der Waals surface area contributed by atoms with E-state index < -0.39 is 0 Å². The number of nitrogens with zero attached hydrogens (tertiary/aromatic N) is 2. The first-order chi connectivity index (χ1) is 7.76. The monoisotopic (exact) mass is 223 g/mol. The minimum atomic E-state index is 0.195. The van der Waals surface area contributed by atoms with Crippen molar-refractivity contribution in [1.82, 2.24) is 9.97 Å². The molecule has 0 radical (unpaired) electrons. The molecule has 0 aliphatic carbocycles. The predicted octanol–water partition coefficient (Wildman–Crippen LogP) is 2.87. The molecule has 90 valence electrons. The number of rotatable bonds is 7. The maximum Gasteiger partial charge on any atom is 0.234 e. The highest BCUT2D eigenvalue weighted by Gasteiger charge is 2.04. The smallest absolute Gasteiger partial charge is 0.234 e. The summed E-state index contributed by atoms with van der Waals surface area (Å²) in [5.74, 6) is 1.38. The van der Waals surface area contributed by atoms with E-state index in [0.29, 0.717) is 5.88 Å². The van der Waals surface area contributed by atoms with Gasteiger partial charge in [-0.05, 0) is 19.8 Å². The van der Waals surface area contributed by atoms with Crippen molar-refractivity contribution >= 4 is 5.82 Å². The first-order valence-electron chi connectivity index (χ1n) is 5.98. The van der Waals surface area contributed by atoms with Crippen LogP contribution in [0.2, 0.25) is 0 Å². The van der Waals surface area contributed by atoms with Crippen molar-refractivity contribution in [3.63, 3.8) is 0 Å². The third kappa shape index (κ3) is 4.47. The van der Waals surface area contributed by atoms with Crippen molar-refractivity contribution in [3.8, 4) is 5.88 Å². The Hall–Kier alpha value is -1.32. The Labute approximate surface area is 97.5 Å². The maximum atomic E-state index is 5.66. The van der Waals surface area contributed by atoms with E-state index in [1.165, 1.54) is 0 Å². The van der Waals surface area contributed by atoms with Crippen LogP contribution in [0.1, 0.15) is 40.0 Å². The molecular weight excluding hydrogens is 202 g/mol. The second-order valence-electron chi connectivity index (χ2n) is 3.89. The molecule has 0 aromatic carbocycles. The lowest BCUT2D eigenvalue weighted by Gasteiger charge is -2.13. The lowest BCUT2D eigenvalue weighted by Crippen LogP contribution is -2.13. The minimum Gasteiger partial charge on any atom is -0.474 e. The molecule has 4 heteroatoms. The second-order valence-corrected chi connectivity index (χ2v) is 3.89. The fraction of sp³-hybridized carbons (Fsp3) is 0.667. The normalized spacial score (nSPS) is 12.2. The van der Waals surface area contributed by atoms with Gasteiger partial charge in [0.25, 0.3) is 0 Å². The summed E-state index contributed by atoms with van der Waals surface area (Å²) in [5, 5.41) is 3.19. The first kappa shape index (κ1) is 12.7. The van der Waals surface area contributed by atoms with Gasteiger partial charge in [-0.25, -0.2) is 0 Å². The van der Waals surface area contributed by atoms with Crippen LogP contribution in [0.25, 0.3) is 0 Å². The summed E-state index contributed by atoms with van der Waals surface area (Å²) in [7, 11) is 0. The summed E-state index contributed by atoms with van der Waals surface area (Å²) in [6, 6.07) is 0. The maximum absolute atomic E-state index is 5.66. The molecular formula is C12H21N3O. The van der Waals surface area contributed by atoms with Gasteiger partial charge in [0.1, 0.15) is 5.82 Å². The van der Waals surface area contributed by atoms with Gasteiger partial charge in [-0.15, -0.1) is 0 Å². The van der Waals surface area contributed by atoms with Crippen molar-refractivity contribution in [1.29, 1.82) is 0 Å². The van der Waals surface area contributed by atoms with E-state index in [-0.39, 0.29) is 6.10 Å². The molecule has 0 saturated carbocycles. The molecule has 16 heavy (non-hydrogen) atoms. The largest absolute Gasteiger partial charge is 0.474 e. The van der Waals surface area contributed by atoms with Crippen LogP contribution in [-0.4, -0.2) is 22.6 Å². The quantitative estimate of drug-likeness (QED) is 0.772. The number of aromatic nitrogens is 2. The standard InChI is InChI=1S/C12H21N3O/c1-4-6-10(3)16-12-9-13-8-11(15-12)14-7-5-2/h8-10H,4-7H2,1-3H3,(H,14,15). The summed E-state index contributed by atoms with van der Waals surface area (Å²) in [4.78, 5) is 8.44. The third-order valence-corrected chi connectivity index (χ3v) is 2.19. The van der Waals surface area contributed by atoms with Gasteiger partial charge >= 0.3 is 0 Å². The highest BCUT2D eigenvalue weighted by molar-refractivity contribution is 5.32. The lowest BCUT2D eigenvalue weighted by molar-refractivity contribution is 0.201. The molecule has 0 aliphatic rings. The van der Waals surface area contributed by atoms with E-state index in [1.807, 2.05) is 0 Å². The molecule has 1 heterocycles. The summed E-state index contributed by atoms with van der Waals surface area (Å²) >= 11 is 0. The van der Waals surface area contributed by atoms with Gasteiger partial charge in [0, 0.05) is 6.54 Å². The number of hydrogen-bond donors (Lipinski definition) is 1. The first-order valence-corrected chi connectivity index (χ1v) is 5.98. The molecule has 4 nitrogen and oxygen atoms in total. The van der Waals surface area contributed by atoms with E-state index in [4.69, 9.17) is 4.74 Å². The van der Waals surface area contributed by atoms with Crippen molar-refractivity contribution in [2.24, 2.45) is 0 Å². The van der Waals surface area contributed by atoms with Crippen LogP contribution in [0.5, 0.6) is 5.88 Å². The Morgan fingerprint density at radius 2 is 2.12 bits per heavy atom. The molecule has 1 aromatic heterocycles. The molecule has 0 bridgehead atoms. The number of hydrogen-bond acceptors (Lipinski definition) is 4. The second kappa shape index (κ2) is 7.04. The summed E-state index contributed by atoms with van der Waals surface area (Å²) < 4.78 is 5.66. The Bertz CT molecular complexity index is 304. The average molecular weight is 223 g/mol. The Morgan fingerprint density at radius 1 is 1.31 bits per heavy atom. The number of ether oxygens (including phenoxy) is 1. The highest BCUT2D eigenvalue weighted by Crippen LogP contribution is 2.12. The zero-order valence-electron chi connectivity index (χ0n) is 10.4. The van der Waals surface area contributed by atoms with Crippen molar-refractivity contribution < 1.29 is 4.74 Å². The van der Waals surface area contributed by atoms with Gasteiger partial charge in [-0.2, -0.15) is 4.98 Å². The van der Waals surface area contributed by atoms with Gasteiger partial charge in [0.05, 0.1) is 18.5 Å². The number of nitrogens with one attached hydrogen (secondary N) is 1. The van der Waals surface area contributed by atoms with Crippen molar-refractivity contribution in [3.05, 3.63) is 12.4 Å². The zero-order valence-corrected chi connectivity index (χ0v) is 10.4. The van der Waals surface area contributed by atoms with E-state index in [1.54, 1.807) is 12.4 Å². The lowest BCUT2D eigenvalue weighted by atomic mass is 10.2. The van der Waals surface area contributed by atoms with E-state index in [9.17, 15) is 0 Å². The molecule has 0 amide bonds. The predicted molar refractivity (Wildman–Crippen MR) is 65.8 cm³/mol. The van der Waals surface area contributed by atoms with Gasteiger partial charge in [0.2, 0.25) is 5.88 Å². The van der Waals surface area contributed by atoms with E-state index >= 15 is 0 Å².